The van der Waals surface area contributed by atoms with E-state index < -0.39 is 0 Å². The van der Waals surface area contributed by atoms with Gasteiger partial charge in [-0.1, -0.05) is 36.4 Å². The first-order chi connectivity index (χ1) is 10.3. The van der Waals surface area contributed by atoms with Gasteiger partial charge in [-0.3, -0.25) is 0 Å². The molecule has 0 amide bonds. The average molecular weight is 279 g/mol. The molecule has 0 saturated heterocycles. The Bertz CT molecular complexity index is 729. The smallest absolute Gasteiger partial charge is 0.110 e. The van der Waals surface area contributed by atoms with Crippen LogP contribution in [0.25, 0.3) is 11.0 Å². The number of nitrogens with two attached hydrogens (primary N) is 1. The molecule has 0 saturated carbocycles. The van der Waals surface area contributed by atoms with Crippen molar-refractivity contribution in [1.29, 1.82) is 0 Å². The second-order valence-electron chi connectivity index (χ2n) is 5.48. The second-order valence-corrected chi connectivity index (χ2v) is 5.48. The number of aromatic nitrogens is 2. The van der Waals surface area contributed by atoms with E-state index in [9.17, 15) is 0 Å². The van der Waals surface area contributed by atoms with E-state index in [2.05, 4.69) is 54.0 Å². The van der Waals surface area contributed by atoms with Crippen LogP contribution in [0.2, 0.25) is 0 Å². The molecule has 3 rings (SSSR count). The van der Waals surface area contributed by atoms with Gasteiger partial charge >= 0.3 is 0 Å². The first kappa shape index (κ1) is 13.8. The molecule has 0 unspecified atom stereocenters. The van der Waals surface area contributed by atoms with Gasteiger partial charge in [-0.2, -0.15) is 0 Å². The molecule has 108 valence electrons. The topological polar surface area (TPSA) is 43.8 Å². The van der Waals surface area contributed by atoms with E-state index in [1.54, 1.807) is 0 Å². The van der Waals surface area contributed by atoms with E-state index in [-0.39, 0.29) is 0 Å². The third-order valence-corrected chi connectivity index (χ3v) is 3.77. The zero-order chi connectivity index (χ0) is 14.7. The highest BCUT2D eigenvalue weighted by Crippen LogP contribution is 2.20. The molecule has 0 atom stereocenters. The fourth-order valence-electron chi connectivity index (χ4n) is 2.68. The highest BCUT2D eigenvalue weighted by molar-refractivity contribution is 5.77. The first-order valence-electron chi connectivity index (χ1n) is 7.47. The van der Waals surface area contributed by atoms with E-state index in [4.69, 9.17) is 10.7 Å². The van der Waals surface area contributed by atoms with Crippen molar-refractivity contribution < 1.29 is 0 Å². The van der Waals surface area contributed by atoms with E-state index in [1.165, 1.54) is 16.6 Å². The van der Waals surface area contributed by atoms with Crippen molar-refractivity contribution in [3.63, 3.8) is 0 Å². The lowest BCUT2D eigenvalue weighted by Crippen LogP contribution is -2.08. The summed E-state index contributed by atoms with van der Waals surface area (Å²) in [6, 6.07) is 17.0. The lowest BCUT2D eigenvalue weighted by molar-refractivity contribution is 0.703. The summed E-state index contributed by atoms with van der Waals surface area (Å²) in [6.07, 6.45) is 1.90. The maximum Gasteiger partial charge on any atom is 0.110 e. The Labute approximate surface area is 125 Å². The number of hydrogen-bond donors (Lipinski definition) is 1. The zero-order valence-electron chi connectivity index (χ0n) is 12.4. The van der Waals surface area contributed by atoms with Gasteiger partial charge in [0.05, 0.1) is 11.0 Å². The number of imidazole rings is 1. The van der Waals surface area contributed by atoms with Crippen LogP contribution in [0.4, 0.5) is 0 Å². The standard InChI is InChI=1S/C18H21N3/c1-14-9-10-17-16(12-14)20-18(8-5-11-19)21(17)13-15-6-3-2-4-7-15/h2-4,6-7,9-10,12H,5,8,11,13,19H2,1H3. The lowest BCUT2D eigenvalue weighted by atomic mass is 10.2. The van der Waals surface area contributed by atoms with Crippen molar-refractivity contribution in [2.24, 2.45) is 5.73 Å². The van der Waals surface area contributed by atoms with Crippen LogP contribution in [0.15, 0.2) is 48.5 Å². The maximum atomic E-state index is 5.66. The number of nitrogens with zero attached hydrogens (tertiary/aromatic N) is 2. The van der Waals surface area contributed by atoms with E-state index in [0.29, 0.717) is 6.54 Å². The van der Waals surface area contributed by atoms with Crippen LogP contribution in [0.5, 0.6) is 0 Å². The molecule has 0 fully saturated rings. The van der Waals surface area contributed by atoms with Gasteiger partial charge in [0.1, 0.15) is 5.82 Å². The molecular formula is C18H21N3. The summed E-state index contributed by atoms with van der Waals surface area (Å²) in [4.78, 5) is 4.81. The Morgan fingerprint density at radius 3 is 2.67 bits per heavy atom. The number of hydrogen-bond acceptors (Lipinski definition) is 2. The Balaban J connectivity index is 2.04. The highest BCUT2D eigenvalue weighted by Gasteiger charge is 2.10. The summed E-state index contributed by atoms with van der Waals surface area (Å²) < 4.78 is 2.32. The van der Waals surface area contributed by atoms with Gasteiger partial charge in [0, 0.05) is 13.0 Å². The monoisotopic (exact) mass is 279 g/mol. The summed E-state index contributed by atoms with van der Waals surface area (Å²) in [7, 11) is 0. The molecule has 0 bridgehead atoms. The maximum absolute atomic E-state index is 5.66. The molecule has 0 aliphatic rings. The molecular weight excluding hydrogens is 258 g/mol. The van der Waals surface area contributed by atoms with Gasteiger partial charge in [0.2, 0.25) is 0 Å². The van der Waals surface area contributed by atoms with Crippen molar-refractivity contribution in [1.82, 2.24) is 9.55 Å². The summed E-state index contributed by atoms with van der Waals surface area (Å²) in [5, 5.41) is 0. The molecule has 0 aliphatic heterocycles. The van der Waals surface area contributed by atoms with Crippen LogP contribution in [-0.4, -0.2) is 16.1 Å². The van der Waals surface area contributed by atoms with Crippen LogP contribution < -0.4 is 5.73 Å². The van der Waals surface area contributed by atoms with Crippen molar-refractivity contribution >= 4 is 11.0 Å². The first-order valence-corrected chi connectivity index (χ1v) is 7.47. The minimum Gasteiger partial charge on any atom is -0.330 e. The summed E-state index contributed by atoms with van der Waals surface area (Å²) >= 11 is 0. The van der Waals surface area contributed by atoms with Crippen molar-refractivity contribution in [3.8, 4) is 0 Å². The van der Waals surface area contributed by atoms with Crippen molar-refractivity contribution in [3.05, 3.63) is 65.5 Å². The minimum atomic E-state index is 0.702. The average Bonchev–Trinajstić information content (AvgIpc) is 2.83. The Morgan fingerprint density at radius 1 is 1.10 bits per heavy atom. The van der Waals surface area contributed by atoms with Gasteiger partial charge < -0.3 is 10.3 Å². The van der Waals surface area contributed by atoms with Gasteiger partial charge in [0.15, 0.2) is 0 Å². The number of aryl methyl sites for hydroxylation is 2. The van der Waals surface area contributed by atoms with E-state index in [1.807, 2.05) is 6.07 Å². The highest BCUT2D eigenvalue weighted by atomic mass is 15.1. The Morgan fingerprint density at radius 2 is 1.90 bits per heavy atom. The van der Waals surface area contributed by atoms with Crippen LogP contribution in [0.3, 0.4) is 0 Å². The molecule has 0 spiro atoms. The fraction of sp³-hybridized carbons (Fsp3) is 0.278. The quantitative estimate of drug-likeness (QED) is 0.779. The largest absolute Gasteiger partial charge is 0.330 e. The number of fused-ring (bicyclic) bond motifs is 1. The van der Waals surface area contributed by atoms with Crippen molar-refractivity contribution in [2.75, 3.05) is 6.54 Å². The van der Waals surface area contributed by atoms with Gasteiger partial charge in [0.25, 0.3) is 0 Å². The van der Waals surface area contributed by atoms with Gasteiger partial charge in [-0.15, -0.1) is 0 Å². The third-order valence-electron chi connectivity index (χ3n) is 3.77. The molecule has 1 aromatic heterocycles. The molecule has 3 nitrogen and oxygen atoms in total. The second kappa shape index (κ2) is 6.10. The molecule has 0 radical (unpaired) electrons. The van der Waals surface area contributed by atoms with E-state index >= 15 is 0 Å². The van der Waals surface area contributed by atoms with Crippen molar-refractivity contribution in [2.45, 2.75) is 26.3 Å². The SMILES string of the molecule is Cc1ccc2c(c1)nc(CCCN)n2Cc1ccccc1. The van der Waals surface area contributed by atoms with Gasteiger partial charge in [-0.05, 0) is 43.1 Å². The summed E-state index contributed by atoms with van der Waals surface area (Å²) in [5.74, 6) is 1.13. The minimum absolute atomic E-state index is 0.702. The van der Waals surface area contributed by atoms with Crippen LogP contribution in [0.1, 0.15) is 23.4 Å². The molecule has 1 heterocycles. The zero-order valence-corrected chi connectivity index (χ0v) is 12.4. The van der Waals surface area contributed by atoms with Crippen LogP contribution in [0, 0.1) is 6.92 Å². The molecule has 21 heavy (non-hydrogen) atoms. The third kappa shape index (κ3) is 2.98. The molecule has 2 aromatic carbocycles. The number of benzene rings is 2. The lowest BCUT2D eigenvalue weighted by Gasteiger charge is -2.09. The summed E-state index contributed by atoms with van der Waals surface area (Å²) in [6.45, 7) is 3.67. The predicted octanol–water partition coefficient (Wildman–Crippen LogP) is 3.28. The Hall–Kier alpha value is -2.13. The normalized spacial score (nSPS) is 11.1. The fourth-order valence-corrected chi connectivity index (χ4v) is 2.68. The molecule has 2 N–H and O–H groups in total. The number of rotatable bonds is 5. The van der Waals surface area contributed by atoms with Crippen LogP contribution in [-0.2, 0) is 13.0 Å². The molecule has 3 aromatic rings. The predicted molar refractivity (Wildman–Crippen MR) is 87.4 cm³/mol. The van der Waals surface area contributed by atoms with Crippen LogP contribution >= 0.6 is 0 Å². The summed E-state index contributed by atoms with van der Waals surface area (Å²) in [5.41, 5.74) is 10.5. The Kier molecular flexibility index (Phi) is 4.02. The molecule has 3 heteroatoms. The molecule has 0 aliphatic carbocycles. The van der Waals surface area contributed by atoms with Gasteiger partial charge in [-0.25, -0.2) is 4.98 Å². The van der Waals surface area contributed by atoms with E-state index in [0.717, 1.165) is 30.7 Å².